The normalized spacial score (nSPS) is 17.5. The zero-order valence-electron chi connectivity index (χ0n) is 15.8. The number of sulfonamides is 1. The second-order valence-electron chi connectivity index (χ2n) is 6.45. The van der Waals surface area contributed by atoms with E-state index in [2.05, 4.69) is 31.0 Å². The Kier molecular flexibility index (Phi) is 6.22. The summed E-state index contributed by atoms with van der Waals surface area (Å²) in [6.07, 6.45) is -1.23. The highest BCUT2D eigenvalue weighted by Gasteiger charge is 2.31. The fourth-order valence-electron chi connectivity index (χ4n) is 2.63. The van der Waals surface area contributed by atoms with E-state index in [-0.39, 0.29) is 16.4 Å². The molecule has 0 saturated carbocycles. The fourth-order valence-corrected chi connectivity index (χ4v) is 4.20. The number of carbonyl (C=O) groups excluding carboxylic acids is 2. The third kappa shape index (κ3) is 4.68. The highest BCUT2D eigenvalue weighted by atomic mass is 79.9. The van der Waals surface area contributed by atoms with E-state index in [0.29, 0.717) is 10.0 Å². The monoisotopic (exact) mass is 497 g/mol. The Morgan fingerprint density at radius 1 is 1.20 bits per heavy atom. The highest BCUT2D eigenvalue weighted by molar-refractivity contribution is 9.10. The zero-order valence-corrected chi connectivity index (χ0v) is 18.3. The molecule has 1 unspecified atom stereocenters. The average Bonchev–Trinajstić information content (AvgIpc) is 2.94. The Balaban J connectivity index is 1.67. The topological polar surface area (TPSA) is 114 Å². The van der Waals surface area contributed by atoms with E-state index in [1.807, 2.05) is 0 Å². The molecule has 1 aliphatic rings. The van der Waals surface area contributed by atoms with Gasteiger partial charge in [-0.1, -0.05) is 28.1 Å². The number of amides is 1. The van der Waals surface area contributed by atoms with Crippen LogP contribution in [-0.2, 0) is 24.3 Å². The van der Waals surface area contributed by atoms with E-state index >= 15 is 0 Å². The molecule has 3 rings (SSSR count). The number of halogens is 2. The van der Waals surface area contributed by atoms with Crippen molar-refractivity contribution >= 4 is 49.4 Å². The first-order valence-electron chi connectivity index (χ1n) is 8.75. The minimum absolute atomic E-state index is 0.0177. The van der Waals surface area contributed by atoms with Gasteiger partial charge >= 0.3 is 5.97 Å². The molecule has 2 atom stereocenters. The molecule has 0 radical (unpaired) electrons. The number of nitrogens with one attached hydrogen (secondary N) is 2. The molecule has 1 amide bonds. The summed E-state index contributed by atoms with van der Waals surface area (Å²) in [5, 5.41) is 2.34. The number of nitrogens with zero attached hydrogens (tertiary/aromatic N) is 1. The quantitative estimate of drug-likeness (QED) is 0.616. The van der Waals surface area contributed by atoms with Crippen LogP contribution in [-0.4, -0.2) is 38.3 Å². The summed E-state index contributed by atoms with van der Waals surface area (Å²) in [5.74, 6) is -2.20. The number of benzene rings is 2. The lowest BCUT2D eigenvalue weighted by Crippen LogP contribution is -2.34. The van der Waals surface area contributed by atoms with Crippen LogP contribution in [0.25, 0.3) is 0 Å². The molecule has 0 fully saturated rings. The lowest BCUT2D eigenvalue weighted by atomic mass is 10.2. The number of fused-ring (bicyclic) bond motifs is 1. The van der Waals surface area contributed by atoms with Crippen LogP contribution in [0.5, 0.6) is 0 Å². The SMILES string of the molecule is CC(OC(=O)[C@H](C)N=C1NS(=O)(=O)c2ccccc21)C(=O)Nc1ccc(Br)cc1F. The number of hydrogen-bond acceptors (Lipinski definition) is 6. The Hall–Kier alpha value is -2.79. The van der Waals surface area contributed by atoms with Crippen LogP contribution in [0, 0.1) is 5.82 Å². The van der Waals surface area contributed by atoms with Gasteiger partial charge in [-0.05, 0) is 44.2 Å². The average molecular weight is 498 g/mol. The van der Waals surface area contributed by atoms with Crippen molar-refractivity contribution in [2.75, 3.05) is 5.32 Å². The summed E-state index contributed by atoms with van der Waals surface area (Å²) in [5.41, 5.74) is 0.282. The maximum Gasteiger partial charge on any atom is 0.331 e. The van der Waals surface area contributed by atoms with Crippen LogP contribution in [0.2, 0.25) is 0 Å². The smallest absolute Gasteiger partial charge is 0.331 e. The maximum absolute atomic E-state index is 13.8. The van der Waals surface area contributed by atoms with E-state index < -0.39 is 39.9 Å². The van der Waals surface area contributed by atoms with Gasteiger partial charge in [-0.15, -0.1) is 0 Å². The second-order valence-corrected chi connectivity index (χ2v) is 9.01. The Morgan fingerprint density at radius 3 is 2.60 bits per heavy atom. The minimum Gasteiger partial charge on any atom is -0.451 e. The molecular formula is C19H17BrFN3O5S. The summed E-state index contributed by atoms with van der Waals surface area (Å²) in [7, 11) is -3.74. The van der Waals surface area contributed by atoms with Crippen molar-refractivity contribution in [2.45, 2.75) is 30.9 Å². The molecule has 1 aliphatic heterocycles. The van der Waals surface area contributed by atoms with Gasteiger partial charge in [-0.2, -0.15) is 0 Å². The number of ether oxygens (including phenoxy) is 1. The molecule has 0 saturated heterocycles. The van der Waals surface area contributed by atoms with E-state index in [1.165, 1.54) is 32.0 Å². The van der Waals surface area contributed by atoms with Gasteiger partial charge < -0.3 is 10.1 Å². The van der Waals surface area contributed by atoms with Crippen LogP contribution in [0.15, 0.2) is 56.8 Å². The van der Waals surface area contributed by atoms with Crippen LogP contribution >= 0.6 is 15.9 Å². The summed E-state index contributed by atoms with van der Waals surface area (Å²) < 4.78 is 46.0. The molecule has 1 heterocycles. The van der Waals surface area contributed by atoms with Gasteiger partial charge in [0.2, 0.25) is 0 Å². The number of carbonyl (C=O) groups is 2. The standard InChI is InChI=1S/C19H17BrFN3O5S/c1-10(22-17-13-5-3-4-6-16(13)30(27,28)24-17)19(26)29-11(2)18(25)23-15-8-7-12(20)9-14(15)21/h3-11H,1-2H3,(H,22,24)(H,23,25)/t10-,11?/m0/s1. The number of esters is 1. The molecule has 30 heavy (non-hydrogen) atoms. The molecule has 0 spiro atoms. The summed E-state index contributed by atoms with van der Waals surface area (Å²) >= 11 is 3.12. The van der Waals surface area contributed by atoms with Crippen molar-refractivity contribution in [1.29, 1.82) is 0 Å². The molecule has 8 nitrogen and oxygen atoms in total. The lowest BCUT2D eigenvalue weighted by Gasteiger charge is -2.15. The second kappa shape index (κ2) is 8.52. The predicted molar refractivity (Wildman–Crippen MR) is 111 cm³/mol. The Morgan fingerprint density at radius 2 is 1.90 bits per heavy atom. The summed E-state index contributed by atoms with van der Waals surface area (Å²) in [6, 6.07) is 9.22. The molecule has 2 N–H and O–H groups in total. The molecule has 2 aromatic rings. The molecule has 2 aromatic carbocycles. The van der Waals surface area contributed by atoms with Crippen LogP contribution < -0.4 is 10.0 Å². The molecule has 0 bridgehead atoms. The molecule has 0 aromatic heterocycles. The Bertz CT molecular complexity index is 1150. The zero-order chi connectivity index (χ0) is 22.1. The van der Waals surface area contributed by atoms with E-state index in [1.54, 1.807) is 24.3 Å². The van der Waals surface area contributed by atoms with Crippen LogP contribution in [0.1, 0.15) is 19.4 Å². The van der Waals surface area contributed by atoms with Gasteiger partial charge in [0.1, 0.15) is 17.7 Å². The van der Waals surface area contributed by atoms with Crippen LogP contribution in [0.4, 0.5) is 10.1 Å². The van der Waals surface area contributed by atoms with Gasteiger partial charge in [-0.3, -0.25) is 14.5 Å². The van der Waals surface area contributed by atoms with Crippen molar-refractivity contribution in [3.8, 4) is 0 Å². The minimum atomic E-state index is -3.74. The van der Waals surface area contributed by atoms with E-state index in [0.717, 1.165) is 0 Å². The summed E-state index contributed by atoms with van der Waals surface area (Å²) in [6.45, 7) is 2.74. The third-order valence-corrected chi connectivity index (χ3v) is 6.07. The van der Waals surface area contributed by atoms with E-state index in [9.17, 15) is 22.4 Å². The van der Waals surface area contributed by atoms with Gasteiger partial charge in [0, 0.05) is 10.0 Å². The first kappa shape index (κ1) is 21.9. The van der Waals surface area contributed by atoms with Gasteiger partial charge in [0.05, 0.1) is 10.6 Å². The number of rotatable bonds is 5. The Labute approximate surface area is 180 Å². The lowest BCUT2D eigenvalue weighted by molar-refractivity contribution is -0.154. The van der Waals surface area contributed by atoms with Crippen molar-refractivity contribution < 1.29 is 27.1 Å². The maximum atomic E-state index is 13.8. The van der Waals surface area contributed by atoms with E-state index in [4.69, 9.17) is 4.74 Å². The molecule has 0 aliphatic carbocycles. The molecule has 158 valence electrons. The summed E-state index contributed by atoms with van der Waals surface area (Å²) in [4.78, 5) is 28.7. The number of amidine groups is 1. The first-order chi connectivity index (χ1) is 14.1. The third-order valence-electron chi connectivity index (χ3n) is 4.18. The van der Waals surface area contributed by atoms with Gasteiger partial charge in [0.25, 0.3) is 15.9 Å². The van der Waals surface area contributed by atoms with Crippen molar-refractivity contribution in [3.63, 3.8) is 0 Å². The molecule has 11 heteroatoms. The number of hydrogen-bond donors (Lipinski definition) is 2. The van der Waals surface area contributed by atoms with Gasteiger partial charge in [0.15, 0.2) is 6.10 Å². The fraction of sp³-hybridized carbons (Fsp3) is 0.211. The van der Waals surface area contributed by atoms with Crippen molar-refractivity contribution in [3.05, 3.63) is 58.3 Å². The largest absolute Gasteiger partial charge is 0.451 e. The van der Waals surface area contributed by atoms with Crippen LogP contribution in [0.3, 0.4) is 0 Å². The molecular weight excluding hydrogens is 481 g/mol. The van der Waals surface area contributed by atoms with Crippen molar-refractivity contribution in [2.24, 2.45) is 4.99 Å². The number of aliphatic imine (C=N–C) groups is 1. The predicted octanol–water partition coefficient (Wildman–Crippen LogP) is 2.59. The van der Waals surface area contributed by atoms with Crippen molar-refractivity contribution in [1.82, 2.24) is 4.72 Å². The highest BCUT2D eigenvalue weighted by Crippen LogP contribution is 2.23. The number of anilines is 1. The van der Waals surface area contributed by atoms with Gasteiger partial charge in [-0.25, -0.2) is 17.6 Å². The first-order valence-corrected chi connectivity index (χ1v) is 11.0.